The van der Waals surface area contributed by atoms with E-state index in [9.17, 15) is 14.7 Å². The van der Waals surface area contributed by atoms with E-state index in [1.54, 1.807) is 13.8 Å². The average molecular weight is 353 g/mol. The van der Waals surface area contributed by atoms with Crippen LogP contribution in [0.25, 0.3) is 0 Å². The third-order valence-electron chi connectivity index (χ3n) is 3.20. The second kappa shape index (κ2) is 9.08. The van der Waals surface area contributed by atoms with Gasteiger partial charge >= 0.3 is 5.97 Å². The largest absolute Gasteiger partial charge is 0.480 e. The lowest BCUT2D eigenvalue weighted by Gasteiger charge is -2.25. The maximum absolute atomic E-state index is 12.6. The summed E-state index contributed by atoms with van der Waals surface area (Å²) in [6.07, 6.45) is -0.363. The molecule has 0 saturated heterocycles. The molecule has 2 N–H and O–H groups in total. The fourth-order valence-electron chi connectivity index (χ4n) is 1.96. The number of rotatable bonds is 8. The second-order valence-corrected chi connectivity index (χ2v) is 8.62. The third kappa shape index (κ3) is 7.36. The highest BCUT2D eigenvalue weighted by Gasteiger charge is 2.29. The number of carboxylic acids is 1. The second-order valence-electron chi connectivity index (χ2n) is 7.04. The van der Waals surface area contributed by atoms with Crippen LogP contribution in [0.15, 0.2) is 30.3 Å². The first-order valence-electron chi connectivity index (χ1n) is 8.01. The highest BCUT2D eigenvalue weighted by Crippen LogP contribution is 2.27. The Kier molecular flexibility index (Phi) is 7.76. The van der Waals surface area contributed by atoms with Crippen molar-refractivity contribution in [2.75, 3.05) is 0 Å². The van der Waals surface area contributed by atoms with Gasteiger partial charge in [-0.1, -0.05) is 44.2 Å². The molecule has 6 heteroatoms. The Balaban J connectivity index is 2.86. The van der Waals surface area contributed by atoms with Crippen LogP contribution >= 0.6 is 12.0 Å². The minimum Gasteiger partial charge on any atom is -0.480 e. The molecule has 1 amide bonds. The summed E-state index contributed by atoms with van der Waals surface area (Å²) < 4.78 is 5.58. The Morgan fingerprint density at radius 1 is 1.21 bits per heavy atom. The van der Waals surface area contributed by atoms with Crippen molar-refractivity contribution in [3.8, 4) is 0 Å². The van der Waals surface area contributed by atoms with Crippen LogP contribution in [0.1, 0.15) is 40.2 Å². The molecule has 2 atom stereocenters. The minimum absolute atomic E-state index is 0.167. The van der Waals surface area contributed by atoms with Crippen molar-refractivity contribution in [1.29, 1.82) is 0 Å². The number of hydrogen-bond donors (Lipinski definition) is 2. The maximum Gasteiger partial charge on any atom is 0.326 e. The number of carbonyl (C=O) groups is 2. The number of benzene rings is 1. The van der Waals surface area contributed by atoms with Crippen LogP contribution < -0.4 is 5.32 Å². The van der Waals surface area contributed by atoms with Gasteiger partial charge in [0, 0.05) is 11.2 Å². The van der Waals surface area contributed by atoms with E-state index in [0.717, 1.165) is 5.56 Å². The predicted octanol–water partition coefficient (Wildman–Crippen LogP) is 3.29. The number of carboxylic acid groups (broad SMARTS) is 1. The molecule has 0 aliphatic heterocycles. The van der Waals surface area contributed by atoms with Gasteiger partial charge in [0.1, 0.15) is 6.04 Å². The predicted molar refractivity (Wildman–Crippen MR) is 96.8 cm³/mol. The van der Waals surface area contributed by atoms with E-state index in [1.165, 1.54) is 12.0 Å². The Hall–Kier alpha value is -1.53. The smallest absolute Gasteiger partial charge is 0.326 e. The standard InChI is InChI=1S/C18H27NO4S/c1-12(2)15(17(21)22)19-16(20)14(23-24-18(3,4)5)11-13-9-7-6-8-10-13/h6-10,12,14-15H,11H2,1-5H3,(H,19,20)(H,21,22)/t14?,15-/m0/s1. The zero-order valence-electron chi connectivity index (χ0n) is 14.9. The van der Waals surface area contributed by atoms with Gasteiger partial charge < -0.3 is 14.6 Å². The third-order valence-corrected chi connectivity index (χ3v) is 4.03. The lowest BCUT2D eigenvalue weighted by atomic mass is 10.0. The van der Waals surface area contributed by atoms with Crippen LogP contribution in [0.2, 0.25) is 0 Å². The lowest BCUT2D eigenvalue weighted by molar-refractivity contribution is -0.144. The van der Waals surface area contributed by atoms with Crippen molar-refractivity contribution in [2.45, 2.75) is 57.9 Å². The van der Waals surface area contributed by atoms with Gasteiger partial charge in [-0.2, -0.15) is 0 Å². The number of carbonyl (C=O) groups excluding carboxylic acids is 1. The van der Waals surface area contributed by atoms with Gasteiger partial charge in [0.05, 0.1) is 0 Å². The van der Waals surface area contributed by atoms with Crippen molar-refractivity contribution in [3.05, 3.63) is 35.9 Å². The van der Waals surface area contributed by atoms with Crippen molar-refractivity contribution in [2.24, 2.45) is 5.92 Å². The summed E-state index contributed by atoms with van der Waals surface area (Å²) >= 11 is 1.22. The van der Waals surface area contributed by atoms with E-state index >= 15 is 0 Å². The van der Waals surface area contributed by atoms with E-state index in [-0.39, 0.29) is 10.7 Å². The van der Waals surface area contributed by atoms with E-state index in [0.29, 0.717) is 6.42 Å². The summed E-state index contributed by atoms with van der Waals surface area (Å²) in [5.74, 6) is -1.66. The molecule has 1 aromatic rings. The highest BCUT2D eigenvalue weighted by molar-refractivity contribution is 7.96. The molecule has 5 nitrogen and oxygen atoms in total. The van der Waals surface area contributed by atoms with Gasteiger partial charge in [-0.05, 0) is 44.3 Å². The van der Waals surface area contributed by atoms with Gasteiger partial charge in [-0.15, -0.1) is 0 Å². The number of amides is 1. The fraction of sp³-hybridized carbons (Fsp3) is 0.556. The molecule has 0 fully saturated rings. The summed E-state index contributed by atoms with van der Waals surface area (Å²) in [5.41, 5.74) is 0.962. The fourth-order valence-corrected chi connectivity index (χ4v) is 2.52. The Labute approximate surface area is 148 Å². The summed E-state index contributed by atoms with van der Waals surface area (Å²) in [6.45, 7) is 9.49. The van der Waals surface area contributed by atoms with Gasteiger partial charge in [-0.25, -0.2) is 4.79 Å². The van der Waals surface area contributed by atoms with E-state index < -0.39 is 24.0 Å². The molecule has 0 radical (unpaired) electrons. The molecule has 0 bridgehead atoms. The van der Waals surface area contributed by atoms with Crippen molar-refractivity contribution < 1.29 is 18.9 Å². The van der Waals surface area contributed by atoms with E-state index in [1.807, 2.05) is 51.1 Å². The first-order chi connectivity index (χ1) is 11.1. The topological polar surface area (TPSA) is 75.6 Å². The van der Waals surface area contributed by atoms with Crippen LogP contribution in [-0.2, 0) is 20.2 Å². The Bertz CT molecular complexity index is 540. The lowest BCUT2D eigenvalue weighted by Crippen LogP contribution is -2.49. The Morgan fingerprint density at radius 2 is 1.79 bits per heavy atom. The molecule has 1 unspecified atom stereocenters. The number of hydrogen-bond acceptors (Lipinski definition) is 4. The zero-order valence-corrected chi connectivity index (χ0v) is 15.7. The first kappa shape index (κ1) is 20.5. The van der Waals surface area contributed by atoms with Crippen LogP contribution in [0, 0.1) is 5.92 Å². The van der Waals surface area contributed by atoms with Crippen molar-refractivity contribution >= 4 is 23.9 Å². The normalized spacial score (nSPS) is 14.2. The monoisotopic (exact) mass is 353 g/mol. The van der Waals surface area contributed by atoms with Crippen LogP contribution in [0.5, 0.6) is 0 Å². The molecule has 0 heterocycles. The SMILES string of the molecule is CC(C)[C@H](NC(=O)C(Cc1ccccc1)OSC(C)(C)C)C(=O)O. The van der Waals surface area contributed by atoms with Crippen molar-refractivity contribution in [1.82, 2.24) is 5.32 Å². The summed E-state index contributed by atoms with van der Waals surface area (Å²) in [4.78, 5) is 23.9. The molecule has 0 saturated carbocycles. The van der Waals surface area contributed by atoms with Gasteiger partial charge in [0.2, 0.25) is 0 Å². The molecule has 24 heavy (non-hydrogen) atoms. The molecular weight excluding hydrogens is 326 g/mol. The molecule has 0 aliphatic carbocycles. The summed E-state index contributed by atoms with van der Waals surface area (Å²) in [6, 6.07) is 8.61. The molecular formula is C18H27NO4S. The van der Waals surface area contributed by atoms with Gasteiger partial charge in [-0.3, -0.25) is 4.79 Å². The van der Waals surface area contributed by atoms with E-state index in [2.05, 4.69) is 5.32 Å². The van der Waals surface area contributed by atoms with Gasteiger partial charge in [0.15, 0.2) is 6.10 Å². The molecule has 0 aliphatic rings. The average Bonchev–Trinajstić information content (AvgIpc) is 2.48. The molecule has 1 aromatic carbocycles. The van der Waals surface area contributed by atoms with Crippen molar-refractivity contribution in [3.63, 3.8) is 0 Å². The quantitative estimate of drug-likeness (QED) is 0.702. The number of aliphatic carboxylic acids is 1. The summed E-state index contributed by atoms with van der Waals surface area (Å²) in [5, 5.41) is 11.9. The highest BCUT2D eigenvalue weighted by atomic mass is 32.2. The zero-order chi connectivity index (χ0) is 18.3. The maximum atomic E-state index is 12.6. The van der Waals surface area contributed by atoms with Crippen LogP contribution in [0.3, 0.4) is 0 Å². The number of nitrogens with one attached hydrogen (secondary N) is 1. The molecule has 134 valence electrons. The summed E-state index contributed by atoms with van der Waals surface area (Å²) in [7, 11) is 0. The molecule has 0 aromatic heterocycles. The minimum atomic E-state index is -1.04. The first-order valence-corrected chi connectivity index (χ1v) is 8.76. The van der Waals surface area contributed by atoms with Crippen LogP contribution in [0.4, 0.5) is 0 Å². The van der Waals surface area contributed by atoms with Crippen LogP contribution in [-0.4, -0.2) is 33.9 Å². The Morgan fingerprint density at radius 3 is 2.25 bits per heavy atom. The van der Waals surface area contributed by atoms with E-state index in [4.69, 9.17) is 4.18 Å². The molecule has 1 rings (SSSR count). The van der Waals surface area contributed by atoms with Gasteiger partial charge in [0.25, 0.3) is 5.91 Å². The molecule has 0 spiro atoms.